The number of benzene rings is 1. The molecule has 2 saturated heterocycles. The van der Waals surface area contributed by atoms with Crippen LogP contribution in [0.1, 0.15) is 38.7 Å². The van der Waals surface area contributed by atoms with Gasteiger partial charge in [-0.3, -0.25) is 4.79 Å². The molecule has 1 saturated carbocycles. The van der Waals surface area contributed by atoms with Crippen molar-refractivity contribution in [1.29, 1.82) is 0 Å². The maximum atomic E-state index is 12.3. The van der Waals surface area contributed by atoms with Gasteiger partial charge in [0.1, 0.15) is 0 Å². The molecule has 2 aliphatic heterocycles. The average molecular weight is 316 g/mol. The molecule has 3 aliphatic rings. The van der Waals surface area contributed by atoms with Gasteiger partial charge in [0.05, 0.1) is 24.2 Å². The molecule has 1 aromatic carbocycles. The van der Waals surface area contributed by atoms with E-state index in [0.29, 0.717) is 12.5 Å². The zero-order valence-corrected chi connectivity index (χ0v) is 13.8. The third kappa shape index (κ3) is 2.58. The Morgan fingerprint density at radius 3 is 2.78 bits per heavy atom. The molecular formula is C19H24O4. The van der Waals surface area contributed by atoms with Crippen LogP contribution in [0.5, 0.6) is 0 Å². The fourth-order valence-electron chi connectivity index (χ4n) is 4.43. The monoisotopic (exact) mass is 316 g/mol. The van der Waals surface area contributed by atoms with E-state index in [1.807, 2.05) is 19.9 Å². The summed E-state index contributed by atoms with van der Waals surface area (Å²) in [6.07, 6.45) is 3.74. The molecule has 1 spiro atoms. The minimum Gasteiger partial charge on any atom is -0.433 e. The predicted molar refractivity (Wildman–Crippen MR) is 84.7 cm³/mol. The highest BCUT2D eigenvalue weighted by molar-refractivity contribution is 5.76. The van der Waals surface area contributed by atoms with E-state index in [1.54, 1.807) is 0 Å². The molecule has 4 rings (SSSR count). The lowest BCUT2D eigenvalue weighted by molar-refractivity contribution is -0.369. The van der Waals surface area contributed by atoms with Crippen molar-refractivity contribution in [1.82, 2.24) is 0 Å². The van der Waals surface area contributed by atoms with Crippen molar-refractivity contribution in [3.63, 3.8) is 0 Å². The molecule has 0 N–H and O–H groups in total. The maximum Gasteiger partial charge on any atom is 0.314 e. The highest BCUT2D eigenvalue weighted by Crippen LogP contribution is 2.57. The topological polar surface area (TPSA) is 44.8 Å². The van der Waals surface area contributed by atoms with E-state index < -0.39 is 5.79 Å². The van der Waals surface area contributed by atoms with Crippen LogP contribution in [0.25, 0.3) is 0 Å². The number of cyclic esters (lactones) is 1. The van der Waals surface area contributed by atoms with Crippen molar-refractivity contribution < 1.29 is 19.0 Å². The van der Waals surface area contributed by atoms with Gasteiger partial charge in [-0.2, -0.15) is 0 Å². The molecule has 4 nitrogen and oxygen atoms in total. The van der Waals surface area contributed by atoms with Gasteiger partial charge >= 0.3 is 5.97 Å². The second kappa shape index (κ2) is 5.32. The van der Waals surface area contributed by atoms with Crippen LogP contribution < -0.4 is 0 Å². The second-order valence-electron chi connectivity index (χ2n) is 7.55. The van der Waals surface area contributed by atoms with Crippen LogP contribution in [0, 0.1) is 11.8 Å². The molecule has 0 unspecified atom stereocenters. The SMILES string of the molecule is CC1(C)OC(=O)[C@H]2C[C@H]3CO[C@H](CCc4ccccc4)C[C@@]32O1. The number of hydrogen-bond acceptors (Lipinski definition) is 4. The number of hydrogen-bond donors (Lipinski definition) is 0. The number of ether oxygens (including phenoxy) is 3. The zero-order chi connectivity index (χ0) is 16.1. The highest BCUT2D eigenvalue weighted by atomic mass is 16.7. The van der Waals surface area contributed by atoms with Crippen LogP contribution in [-0.2, 0) is 25.4 Å². The lowest BCUT2D eigenvalue weighted by atomic mass is 9.57. The molecule has 0 amide bonds. The second-order valence-corrected chi connectivity index (χ2v) is 7.55. The standard InChI is InChI=1S/C19H24O4/c1-18(2)22-17(20)16-10-14-12-21-15(11-19(14,16)23-18)9-8-13-6-4-3-5-7-13/h3-7,14-16H,8-12H2,1-2H3/t14-,15+,16+,19+/m0/s1. The zero-order valence-electron chi connectivity index (χ0n) is 13.8. The lowest BCUT2D eigenvalue weighted by Crippen LogP contribution is -2.71. The largest absolute Gasteiger partial charge is 0.433 e. The van der Waals surface area contributed by atoms with Crippen molar-refractivity contribution in [3.8, 4) is 0 Å². The minimum absolute atomic E-state index is 0.0961. The number of carbonyl (C=O) groups is 1. The molecular weight excluding hydrogens is 292 g/mol. The first-order valence-corrected chi connectivity index (χ1v) is 8.57. The van der Waals surface area contributed by atoms with Crippen molar-refractivity contribution in [3.05, 3.63) is 35.9 Å². The fraction of sp³-hybridized carbons (Fsp3) is 0.632. The van der Waals surface area contributed by atoms with E-state index in [-0.39, 0.29) is 23.6 Å². The van der Waals surface area contributed by atoms with E-state index >= 15 is 0 Å². The first kappa shape index (κ1) is 15.2. The van der Waals surface area contributed by atoms with Gasteiger partial charge < -0.3 is 14.2 Å². The average Bonchev–Trinajstić information content (AvgIpc) is 2.48. The Morgan fingerprint density at radius 2 is 2.00 bits per heavy atom. The molecule has 0 aromatic heterocycles. The van der Waals surface area contributed by atoms with E-state index in [1.165, 1.54) is 5.56 Å². The van der Waals surface area contributed by atoms with E-state index in [0.717, 1.165) is 25.7 Å². The molecule has 4 atom stereocenters. The van der Waals surface area contributed by atoms with Crippen molar-refractivity contribution in [2.45, 2.75) is 57.0 Å². The van der Waals surface area contributed by atoms with Gasteiger partial charge in [-0.05, 0) is 24.8 Å². The Balaban J connectivity index is 1.46. The summed E-state index contributed by atoms with van der Waals surface area (Å²) in [6, 6.07) is 10.5. The van der Waals surface area contributed by atoms with Crippen LogP contribution in [0.15, 0.2) is 30.3 Å². The summed E-state index contributed by atoms with van der Waals surface area (Å²) >= 11 is 0. The van der Waals surface area contributed by atoms with Gasteiger partial charge in [-0.1, -0.05) is 30.3 Å². The van der Waals surface area contributed by atoms with Gasteiger partial charge in [-0.25, -0.2) is 0 Å². The highest BCUT2D eigenvalue weighted by Gasteiger charge is 2.67. The van der Waals surface area contributed by atoms with Crippen LogP contribution in [0.4, 0.5) is 0 Å². The summed E-state index contributed by atoms with van der Waals surface area (Å²) < 4.78 is 17.8. The van der Waals surface area contributed by atoms with Crippen molar-refractivity contribution in [2.24, 2.45) is 11.8 Å². The molecule has 0 bridgehead atoms. The Bertz CT molecular complexity index is 597. The molecule has 1 aliphatic carbocycles. The van der Waals surface area contributed by atoms with E-state index in [4.69, 9.17) is 14.2 Å². The first-order valence-electron chi connectivity index (χ1n) is 8.57. The summed E-state index contributed by atoms with van der Waals surface area (Å²) in [7, 11) is 0. The van der Waals surface area contributed by atoms with Gasteiger partial charge in [-0.15, -0.1) is 0 Å². The first-order chi connectivity index (χ1) is 11.0. The Labute approximate surface area is 137 Å². The van der Waals surface area contributed by atoms with Crippen LogP contribution >= 0.6 is 0 Å². The molecule has 3 fully saturated rings. The Hall–Kier alpha value is -1.39. The molecule has 4 heteroatoms. The summed E-state index contributed by atoms with van der Waals surface area (Å²) in [5, 5.41) is 0. The molecule has 2 heterocycles. The number of aryl methyl sites for hydroxylation is 1. The Kier molecular flexibility index (Phi) is 3.50. The van der Waals surface area contributed by atoms with Gasteiger partial charge in [0.2, 0.25) is 5.79 Å². The number of esters is 1. The third-order valence-electron chi connectivity index (χ3n) is 5.55. The predicted octanol–water partition coefficient (Wildman–Crippen LogP) is 3.09. The van der Waals surface area contributed by atoms with Crippen molar-refractivity contribution in [2.75, 3.05) is 6.61 Å². The van der Waals surface area contributed by atoms with Gasteiger partial charge in [0, 0.05) is 26.2 Å². The van der Waals surface area contributed by atoms with Crippen LogP contribution in [0.2, 0.25) is 0 Å². The Morgan fingerprint density at radius 1 is 1.22 bits per heavy atom. The summed E-state index contributed by atoms with van der Waals surface area (Å²) in [5.41, 5.74) is 0.962. The minimum atomic E-state index is -0.826. The van der Waals surface area contributed by atoms with Gasteiger partial charge in [0.15, 0.2) is 0 Å². The van der Waals surface area contributed by atoms with E-state index in [9.17, 15) is 4.79 Å². The quantitative estimate of drug-likeness (QED) is 0.804. The molecule has 23 heavy (non-hydrogen) atoms. The van der Waals surface area contributed by atoms with E-state index in [2.05, 4.69) is 24.3 Å². The third-order valence-corrected chi connectivity index (χ3v) is 5.55. The number of carbonyl (C=O) groups excluding carboxylic acids is 1. The molecule has 1 aromatic rings. The maximum absolute atomic E-state index is 12.3. The summed E-state index contributed by atoms with van der Waals surface area (Å²) in [4.78, 5) is 12.3. The van der Waals surface area contributed by atoms with Crippen molar-refractivity contribution >= 4 is 5.97 Å². The van der Waals surface area contributed by atoms with Crippen LogP contribution in [0.3, 0.4) is 0 Å². The smallest absolute Gasteiger partial charge is 0.314 e. The lowest BCUT2D eigenvalue weighted by Gasteiger charge is -2.62. The number of rotatable bonds is 3. The normalized spacial score (nSPS) is 38.0. The fourth-order valence-corrected chi connectivity index (χ4v) is 4.43. The molecule has 0 radical (unpaired) electrons. The summed E-state index contributed by atoms with van der Waals surface area (Å²) in [5.74, 6) is -0.703. The molecule has 124 valence electrons. The summed E-state index contributed by atoms with van der Waals surface area (Å²) in [6.45, 7) is 4.36. The van der Waals surface area contributed by atoms with Crippen LogP contribution in [-0.4, -0.2) is 30.1 Å². The van der Waals surface area contributed by atoms with Gasteiger partial charge in [0.25, 0.3) is 0 Å².